The molecule has 0 unspecified atom stereocenters. The third-order valence-corrected chi connectivity index (χ3v) is 4.54. The van der Waals surface area contributed by atoms with Gasteiger partial charge in [-0.15, -0.1) is 0 Å². The molecule has 0 saturated heterocycles. The standard InChI is InChI=1S/C20H18N2O/c23-20(17-12-13-21-18-10-4-3-9-16(17)18)22-19-11-5-7-14-6-1-2-8-15(14)19/h3-5,7,9-13H,1-2,6,8H2,(H,22,23). The summed E-state index contributed by atoms with van der Waals surface area (Å²) in [7, 11) is 0. The summed E-state index contributed by atoms with van der Waals surface area (Å²) >= 11 is 0. The van der Waals surface area contributed by atoms with Gasteiger partial charge in [0.05, 0.1) is 11.1 Å². The van der Waals surface area contributed by atoms with Crippen molar-refractivity contribution in [3.05, 3.63) is 71.4 Å². The highest BCUT2D eigenvalue weighted by Gasteiger charge is 2.16. The zero-order valence-corrected chi connectivity index (χ0v) is 12.9. The molecule has 23 heavy (non-hydrogen) atoms. The van der Waals surface area contributed by atoms with Crippen molar-refractivity contribution in [3.8, 4) is 0 Å². The molecule has 1 aromatic heterocycles. The molecular weight excluding hydrogens is 284 g/mol. The predicted molar refractivity (Wildman–Crippen MR) is 92.8 cm³/mol. The Morgan fingerprint density at radius 3 is 2.78 bits per heavy atom. The molecule has 1 aliphatic rings. The number of fused-ring (bicyclic) bond motifs is 2. The smallest absolute Gasteiger partial charge is 0.256 e. The average Bonchev–Trinajstić information content (AvgIpc) is 2.61. The molecule has 1 N–H and O–H groups in total. The lowest BCUT2D eigenvalue weighted by Gasteiger charge is -2.19. The van der Waals surface area contributed by atoms with Crippen molar-refractivity contribution in [2.24, 2.45) is 0 Å². The van der Waals surface area contributed by atoms with Gasteiger partial charge < -0.3 is 5.32 Å². The van der Waals surface area contributed by atoms with Crippen LogP contribution in [0.4, 0.5) is 5.69 Å². The number of rotatable bonds is 2. The number of nitrogens with one attached hydrogen (secondary N) is 1. The van der Waals surface area contributed by atoms with E-state index in [1.807, 2.05) is 36.4 Å². The summed E-state index contributed by atoms with van der Waals surface area (Å²) in [6.45, 7) is 0. The Morgan fingerprint density at radius 1 is 0.957 bits per heavy atom. The minimum atomic E-state index is -0.0671. The first-order valence-corrected chi connectivity index (χ1v) is 8.09. The summed E-state index contributed by atoms with van der Waals surface area (Å²) in [6, 6.07) is 15.7. The lowest BCUT2D eigenvalue weighted by molar-refractivity contribution is 0.102. The van der Waals surface area contributed by atoms with Gasteiger partial charge in [0.1, 0.15) is 0 Å². The van der Waals surface area contributed by atoms with E-state index in [1.165, 1.54) is 24.0 Å². The molecule has 4 rings (SSSR count). The molecule has 0 bridgehead atoms. The van der Waals surface area contributed by atoms with Gasteiger partial charge in [0.25, 0.3) is 5.91 Å². The molecular formula is C20H18N2O. The number of carbonyl (C=O) groups is 1. The van der Waals surface area contributed by atoms with Crippen molar-refractivity contribution in [1.29, 1.82) is 0 Å². The minimum absolute atomic E-state index is 0.0671. The van der Waals surface area contributed by atoms with E-state index >= 15 is 0 Å². The monoisotopic (exact) mass is 302 g/mol. The average molecular weight is 302 g/mol. The van der Waals surface area contributed by atoms with Crippen LogP contribution < -0.4 is 5.32 Å². The van der Waals surface area contributed by atoms with E-state index in [9.17, 15) is 4.79 Å². The van der Waals surface area contributed by atoms with Gasteiger partial charge in [-0.1, -0.05) is 30.3 Å². The summed E-state index contributed by atoms with van der Waals surface area (Å²) in [5.41, 5.74) is 5.13. The number of amides is 1. The second-order valence-corrected chi connectivity index (χ2v) is 5.98. The molecule has 0 saturated carbocycles. The lowest BCUT2D eigenvalue weighted by Crippen LogP contribution is -2.16. The molecule has 0 aliphatic heterocycles. The molecule has 1 heterocycles. The first-order valence-electron chi connectivity index (χ1n) is 8.09. The number of carbonyl (C=O) groups excluding carboxylic acids is 1. The van der Waals surface area contributed by atoms with Crippen LogP contribution in [0, 0.1) is 0 Å². The molecule has 0 spiro atoms. The van der Waals surface area contributed by atoms with Crippen molar-refractivity contribution in [1.82, 2.24) is 4.98 Å². The topological polar surface area (TPSA) is 42.0 Å². The van der Waals surface area contributed by atoms with Crippen molar-refractivity contribution in [2.75, 3.05) is 5.32 Å². The lowest BCUT2D eigenvalue weighted by atomic mass is 9.90. The first kappa shape index (κ1) is 13.9. The maximum atomic E-state index is 12.8. The number of hydrogen-bond donors (Lipinski definition) is 1. The van der Waals surface area contributed by atoms with E-state index in [0.717, 1.165) is 29.4 Å². The number of para-hydroxylation sites is 1. The molecule has 3 nitrogen and oxygen atoms in total. The van der Waals surface area contributed by atoms with Crippen molar-refractivity contribution >= 4 is 22.5 Å². The molecule has 1 aliphatic carbocycles. The van der Waals surface area contributed by atoms with Gasteiger partial charge in [0.15, 0.2) is 0 Å². The second-order valence-electron chi connectivity index (χ2n) is 5.98. The van der Waals surface area contributed by atoms with Crippen molar-refractivity contribution in [2.45, 2.75) is 25.7 Å². The zero-order valence-electron chi connectivity index (χ0n) is 12.9. The van der Waals surface area contributed by atoms with E-state index in [1.54, 1.807) is 12.3 Å². The largest absolute Gasteiger partial charge is 0.322 e. The van der Waals surface area contributed by atoms with Gasteiger partial charge in [0.2, 0.25) is 0 Å². The highest BCUT2D eigenvalue weighted by molar-refractivity contribution is 6.12. The fourth-order valence-corrected chi connectivity index (χ4v) is 3.38. The Hall–Kier alpha value is -2.68. The summed E-state index contributed by atoms with van der Waals surface area (Å²) < 4.78 is 0. The fourth-order valence-electron chi connectivity index (χ4n) is 3.38. The van der Waals surface area contributed by atoms with Crippen molar-refractivity contribution < 1.29 is 4.79 Å². The van der Waals surface area contributed by atoms with Crippen LogP contribution in [0.15, 0.2) is 54.7 Å². The molecule has 3 aromatic rings. The molecule has 2 aromatic carbocycles. The zero-order chi connectivity index (χ0) is 15.6. The van der Waals surface area contributed by atoms with Gasteiger partial charge in [-0.05, 0) is 55.0 Å². The van der Waals surface area contributed by atoms with E-state index in [4.69, 9.17) is 0 Å². The Labute approximate surface area is 135 Å². The third-order valence-electron chi connectivity index (χ3n) is 4.54. The second kappa shape index (κ2) is 5.84. The maximum Gasteiger partial charge on any atom is 0.256 e. The number of benzene rings is 2. The molecule has 0 radical (unpaired) electrons. The number of anilines is 1. The molecule has 114 valence electrons. The fraction of sp³-hybridized carbons (Fsp3) is 0.200. The summed E-state index contributed by atoms with van der Waals surface area (Å²) in [6.07, 6.45) is 6.27. The van der Waals surface area contributed by atoms with Gasteiger partial charge >= 0.3 is 0 Å². The van der Waals surface area contributed by atoms with E-state index < -0.39 is 0 Å². The van der Waals surface area contributed by atoms with Crippen LogP contribution in [-0.2, 0) is 12.8 Å². The van der Waals surface area contributed by atoms with Gasteiger partial charge in [-0.3, -0.25) is 9.78 Å². The van der Waals surface area contributed by atoms with E-state index in [0.29, 0.717) is 5.56 Å². The highest BCUT2D eigenvalue weighted by atomic mass is 16.1. The predicted octanol–water partition coefficient (Wildman–Crippen LogP) is 4.37. The van der Waals surface area contributed by atoms with Crippen molar-refractivity contribution in [3.63, 3.8) is 0 Å². The number of hydrogen-bond acceptors (Lipinski definition) is 2. The van der Waals surface area contributed by atoms with Crippen LogP contribution in [0.2, 0.25) is 0 Å². The Kier molecular flexibility index (Phi) is 3.54. The Bertz CT molecular complexity index is 880. The molecule has 3 heteroatoms. The summed E-state index contributed by atoms with van der Waals surface area (Å²) in [5.74, 6) is -0.0671. The van der Waals surface area contributed by atoms with Crippen LogP contribution >= 0.6 is 0 Å². The third kappa shape index (κ3) is 2.59. The van der Waals surface area contributed by atoms with Crippen LogP contribution in [-0.4, -0.2) is 10.9 Å². The van der Waals surface area contributed by atoms with Gasteiger partial charge in [-0.25, -0.2) is 0 Å². The Balaban J connectivity index is 1.71. The van der Waals surface area contributed by atoms with E-state index in [2.05, 4.69) is 16.4 Å². The SMILES string of the molecule is O=C(Nc1cccc2c1CCCC2)c1ccnc2ccccc12. The number of nitrogens with zero attached hydrogens (tertiary/aromatic N) is 1. The first-order chi connectivity index (χ1) is 11.3. The van der Waals surface area contributed by atoms with Crippen LogP contribution in [0.5, 0.6) is 0 Å². The highest BCUT2D eigenvalue weighted by Crippen LogP contribution is 2.28. The van der Waals surface area contributed by atoms with E-state index in [-0.39, 0.29) is 5.91 Å². The normalized spacial score (nSPS) is 13.6. The number of aromatic nitrogens is 1. The maximum absolute atomic E-state index is 12.8. The molecule has 0 fully saturated rings. The minimum Gasteiger partial charge on any atom is -0.322 e. The quantitative estimate of drug-likeness (QED) is 0.764. The van der Waals surface area contributed by atoms with Gasteiger partial charge in [0, 0.05) is 17.3 Å². The Morgan fingerprint density at radius 2 is 1.83 bits per heavy atom. The van der Waals surface area contributed by atoms with Crippen LogP contribution in [0.25, 0.3) is 10.9 Å². The summed E-state index contributed by atoms with van der Waals surface area (Å²) in [4.78, 5) is 17.1. The van der Waals surface area contributed by atoms with Crippen LogP contribution in [0.3, 0.4) is 0 Å². The summed E-state index contributed by atoms with van der Waals surface area (Å²) in [5, 5.41) is 4.00. The molecule has 0 atom stereocenters. The number of pyridine rings is 1. The number of aryl methyl sites for hydroxylation is 1. The molecule has 1 amide bonds. The van der Waals surface area contributed by atoms with Crippen LogP contribution in [0.1, 0.15) is 34.3 Å². The van der Waals surface area contributed by atoms with Gasteiger partial charge in [-0.2, -0.15) is 0 Å².